The van der Waals surface area contributed by atoms with E-state index >= 15 is 0 Å². The molecule has 0 aliphatic rings. The Hall–Kier alpha value is -0.830. The highest BCUT2D eigenvalue weighted by atomic mass is 16.5. The minimum atomic E-state index is -0.217. The molecule has 0 aromatic rings. The molecule has 0 heterocycles. The zero-order valence-electron chi connectivity index (χ0n) is 9.83. The molecule has 1 atom stereocenters. The first kappa shape index (κ1) is 14.2. The summed E-state index contributed by atoms with van der Waals surface area (Å²) < 4.78 is 10.5. The Morgan fingerprint density at radius 3 is 2.80 bits per heavy atom. The first-order chi connectivity index (χ1) is 7.20. The van der Waals surface area contributed by atoms with Gasteiger partial charge < -0.3 is 9.47 Å². The quantitative estimate of drug-likeness (QED) is 0.336. The number of unbranched alkanes of at least 4 members (excludes halogenated alkanes) is 1. The third kappa shape index (κ3) is 9.47. The van der Waals surface area contributed by atoms with E-state index in [0.29, 0.717) is 6.61 Å². The van der Waals surface area contributed by atoms with Crippen molar-refractivity contribution in [3.05, 3.63) is 12.7 Å². The molecule has 0 saturated heterocycles. The molecular weight excluding hydrogens is 192 g/mol. The maximum Gasteiger partial charge on any atom is 0.309 e. The highest BCUT2D eigenvalue weighted by molar-refractivity contribution is 5.70. The third-order valence-corrected chi connectivity index (χ3v) is 2.00. The monoisotopic (exact) mass is 214 g/mol. The number of rotatable bonds is 9. The van der Waals surface area contributed by atoms with Crippen molar-refractivity contribution in [3.8, 4) is 0 Å². The largest absolute Gasteiger partial charge is 0.465 e. The average molecular weight is 214 g/mol. The Bertz CT molecular complexity index is 178. The molecule has 3 nitrogen and oxygen atoms in total. The van der Waals surface area contributed by atoms with Crippen molar-refractivity contribution in [2.24, 2.45) is 0 Å². The lowest BCUT2D eigenvalue weighted by atomic mass is 10.3. The molecule has 88 valence electrons. The minimum absolute atomic E-state index is 0.160. The van der Waals surface area contributed by atoms with Crippen LogP contribution >= 0.6 is 0 Å². The Balaban J connectivity index is 3.33. The van der Waals surface area contributed by atoms with E-state index in [9.17, 15) is 4.79 Å². The molecule has 0 aliphatic heterocycles. The van der Waals surface area contributed by atoms with Gasteiger partial charge in [-0.2, -0.15) is 0 Å². The summed E-state index contributed by atoms with van der Waals surface area (Å²) in [5.74, 6) is -0.217. The van der Waals surface area contributed by atoms with Crippen LogP contribution in [-0.4, -0.2) is 25.3 Å². The van der Waals surface area contributed by atoms with Crippen molar-refractivity contribution >= 4 is 5.97 Å². The molecule has 0 N–H and O–H groups in total. The standard InChI is InChI=1S/C12H22O3/c1-4-6-9-14-11(3)8-10-15-12(13)7-5-2/h5,11H,2,4,6-10H2,1,3H3. The van der Waals surface area contributed by atoms with Crippen molar-refractivity contribution in [1.82, 2.24) is 0 Å². The summed E-state index contributed by atoms with van der Waals surface area (Å²) in [5.41, 5.74) is 0. The Morgan fingerprint density at radius 1 is 1.47 bits per heavy atom. The highest BCUT2D eigenvalue weighted by Gasteiger charge is 2.04. The zero-order chi connectivity index (χ0) is 11.5. The number of carbonyl (C=O) groups is 1. The van der Waals surface area contributed by atoms with Crippen LogP contribution in [0.4, 0.5) is 0 Å². The van der Waals surface area contributed by atoms with E-state index in [1.54, 1.807) is 6.08 Å². The molecule has 0 aromatic carbocycles. The summed E-state index contributed by atoms with van der Waals surface area (Å²) in [5, 5.41) is 0. The molecule has 0 bridgehead atoms. The van der Waals surface area contributed by atoms with Crippen molar-refractivity contribution in [2.45, 2.75) is 45.6 Å². The second-order valence-electron chi connectivity index (χ2n) is 3.54. The summed E-state index contributed by atoms with van der Waals surface area (Å²) in [6, 6.07) is 0. The predicted molar refractivity (Wildman–Crippen MR) is 60.7 cm³/mol. The molecule has 0 radical (unpaired) electrons. The fourth-order valence-electron chi connectivity index (χ4n) is 1.03. The Labute approximate surface area is 92.5 Å². The molecule has 0 amide bonds. The van der Waals surface area contributed by atoms with Crippen LogP contribution < -0.4 is 0 Å². The maximum atomic E-state index is 11.0. The van der Waals surface area contributed by atoms with Crippen LogP contribution in [0.15, 0.2) is 12.7 Å². The van der Waals surface area contributed by atoms with E-state index in [-0.39, 0.29) is 18.5 Å². The smallest absolute Gasteiger partial charge is 0.309 e. The van der Waals surface area contributed by atoms with Gasteiger partial charge in [0, 0.05) is 13.0 Å². The summed E-state index contributed by atoms with van der Waals surface area (Å²) in [6.45, 7) is 8.82. The first-order valence-corrected chi connectivity index (χ1v) is 5.58. The van der Waals surface area contributed by atoms with Gasteiger partial charge in [-0.15, -0.1) is 6.58 Å². The topological polar surface area (TPSA) is 35.5 Å². The van der Waals surface area contributed by atoms with Crippen molar-refractivity contribution in [3.63, 3.8) is 0 Å². The number of hydrogen-bond donors (Lipinski definition) is 0. The highest BCUT2D eigenvalue weighted by Crippen LogP contribution is 2.00. The Morgan fingerprint density at radius 2 is 2.20 bits per heavy atom. The van der Waals surface area contributed by atoms with E-state index in [1.165, 1.54) is 0 Å². The maximum absolute atomic E-state index is 11.0. The SMILES string of the molecule is C=CCC(=O)OCCC(C)OCCCC. The molecule has 3 heteroatoms. The molecule has 0 aromatic heterocycles. The number of carbonyl (C=O) groups excluding carboxylic acids is 1. The van der Waals surface area contributed by atoms with E-state index in [0.717, 1.165) is 25.9 Å². The minimum Gasteiger partial charge on any atom is -0.465 e. The lowest BCUT2D eigenvalue weighted by Gasteiger charge is -2.12. The second kappa shape index (κ2) is 9.71. The zero-order valence-corrected chi connectivity index (χ0v) is 9.83. The van der Waals surface area contributed by atoms with Gasteiger partial charge in [-0.25, -0.2) is 0 Å². The lowest BCUT2D eigenvalue weighted by Crippen LogP contribution is -2.14. The van der Waals surface area contributed by atoms with Gasteiger partial charge in [0.05, 0.1) is 19.1 Å². The van der Waals surface area contributed by atoms with E-state index in [1.807, 2.05) is 6.92 Å². The molecule has 0 saturated carbocycles. The molecule has 0 spiro atoms. The van der Waals surface area contributed by atoms with Gasteiger partial charge >= 0.3 is 5.97 Å². The molecule has 0 rings (SSSR count). The van der Waals surface area contributed by atoms with Gasteiger partial charge in [-0.1, -0.05) is 19.4 Å². The normalized spacial score (nSPS) is 12.1. The predicted octanol–water partition coefficient (Wildman–Crippen LogP) is 2.70. The van der Waals surface area contributed by atoms with Gasteiger partial charge in [0.2, 0.25) is 0 Å². The van der Waals surface area contributed by atoms with Crippen molar-refractivity contribution in [1.29, 1.82) is 0 Å². The molecule has 0 fully saturated rings. The second-order valence-corrected chi connectivity index (χ2v) is 3.54. The van der Waals surface area contributed by atoms with E-state index in [2.05, 4.69) is 13.5 Å². The van der Waals surface area contributed by atoms with Gasteiger partial charge in [0.25, 0.3) is 0 Å². The first-order valence-electron chi connectivity index (χ1n) is 5.58. The molecule has 15 heavy (non-hydrogen) atoms. The Kier molecular flexibility index (Phi) is 9.18. The van der Waals surface area contributed by atoms with Gasteiger partial charge in [0.1, 0.15) is 0 Å². The lowest BCUT2D eigenvalue weighted by molar-refractivity contribution is -0.143. The van der Waals surface area contributed by atoms with Crippen molar-refractivity contribution < 1.29 is 14.3 Å². The van der Waals surface area contributed by atoms with Crippen LogP contribution in [0.3, 0.4) is 0 Å². The van der Waals surface area contributed by atoms with Crippen LogP contribution in [0.25, 0.3) is 0 Å². The number of esters is 1. The van der Waals surface area contributed by atoms with Gasteiger partial charge in [0.15, 0.2) is 0 Å². The van der Waals surface area contributed by atoms with Crippen LogP contribution in [0, 0.1) is 0 Å². The van der Waals surface area contributed by atoms with E-state index < -0.39 is 0 Å². The van der Waals surface area contributed by atoms with Gasteiger partial charge in [-0.05, 0) is 13.3 Å². The van der Waals surface area contributed by atoms with Crippen LogP contribution in [-0.2, 0) is 14.3 Å². The fourth-order valence-corrected chi connectivity index (χ4v) is 1.03. The fraction of sp³-hybridized carbons (Fsp3) is 0.750. The van der Waals surface area contributed by atoms with Crippen LogP contribution in [0.1, 0.15) is 39.5 Å². The van der Waals surface area contributed by atoms with Gasteiger partial charge in [-0.3, -0.25) is 4.79 Å². The average Bonchev–Trinajstić information content (AvgIpc) is 2.18. The summed E-state index contributed by atoms with van der Waals surface area (Å²) in [7, 11) is 0. The van der Waals surface area contributed by atoms with Crippen LogP contribution in [0.5, 0.6) is 0 Å². The number of ether oxygens (including phenoxy) is 2. The van der Waals surface area contributed by atoms with Crippen molar-refractivity contribution in [2.75, 3.05) is 13.2 Å². The molecular formula is C12H22O3. The molecule has 1 unspecified atom stereocenters. The third-order valence-electron chi connectivity index (χ3n) is 2.00. The molecule has 0 aliphatic carbocycles. The van der Waals surface area contributed by atoms with E-state index in [4.69, 9.17) is 9.47 Å². The summed E-state index contributed by atoms with van der Waals surface area (Å²) in [4.78, 5) is 11.0. The summed E-state index contributed by atoms with van der Waals surface area (Å²) in [6.07, 6.45) is 4.97. The summed E-state index contributed by atoms with van der Waals surface area (Å²) >= 11 is 0. The number of hydrogen-bond acceptors (Lipinski definition) is 3. The van der Waals surface area contributed by atoms with Crippen LogP contribution in [0.2, 0.25) is 0 Å².